The molecule has 37 heavy (non-hydrogen) atoms. The Bertz CT molecular complexity index is 1370. The molecule has 1 fully saturated rings. The van der Waals surface area contributed by atoms with E-state index in [-0.39, 0.29) is 10.9 Å². The molecule has 11 heteroatoms. The Morgan fingerprint density at radius 2 is 1.59 bits per heavy atom. The number of hydrogen-bond acceptors (Lipinski definition) is 6. The van der Waals surface area contributed by atoms with Crippen molar-refractivity contribution in [3.8, 4) is 17.2 Å². The third kappa shape index (κ3) is 5.28. The molecule has 194 valence electrons. The average molecular weight is 532 g/mol. The average Bonchev–Trinajstić information content (AvgIpc) is 2.86. The van der Waals surface area contributed by atoms with Gasteiger partial charge in [-0.2, -0.15) is 4.40 Å². The maximum Gasteiger partial charge on any atom is 0.573 e. The first-order valence-electron chi connectivity index (χ1n) is 11.7. The standard InChI is InChI=1S/C26H24F3N3O4S/c27-26(28,29)36-18-12-14-19(15-13-18)37(30,34)31-16-17-6-5-9-22(25(17)33)32-20-7-1-3-10-23(20)35-24-11-4-2-8-21(24)32/h1-4,7-8,10-17,22,25,30,33H,5-6,9H2/b31-16-/t17?,22-,25-,37?/m0/s1. The van der Waals surface area contributed by atoms with E-state index in [1.807, 2.05) is 48.5 Å². The van der Waals surface area contributed by atoms with Gasteiger partial charge in [0.2, 0.25) is 0 Å². The minimum absolute atomic E-state index is 0.0591. The van der Waals surface area contributed by atoms with E-state index in [0.717, 1.165) is 42.1 Å². The summed E-state index contributed by atoms with van der Waals surface area (Å²) in [5, 5.41) is 11.4. The van der Waals surface area contributed by atoms with Crippen LogP contribution in [-0.4, -0.2) is 34.0 Å². The molecule has 1 aliphatic carbocycles. The lowest BCUT2D eigenvalue weighted by Gasteiger charge is -2.44. The van der Waals surface area contributed by atoms with Crippen molar-refractivity contribution in [2.24, 2.45) is 10.3 Å². The predicted octanol–water partition coefficient (Wildman–Crippen LogP) is 6.45. The first kappa shape index (κ1) is 25.1. The molecule has 7 nitrogen and oxygen atoms in total. The fourth-order valence-electron chi connectivity index (χ4n) is 4.78. The smallest absolute Gasteiger partial charge is 0.453 e. The van der Waals surface area contributed by atoms with Gasteiger partial charge in [0.1, 0.15) is 5.75 Å². The fourth-order valence-corrected chi connectivity index (χ4v) is 5.73. The van der Waals surface area contributed by atoms with E-state index in [4.69, 9.17) is 9.52 Å². The van der Waals surface area contributed by atoms with Crippen molar-refractivity contribution in [2.75, 3.05) is 4.90 Å². The second-order valence-electron chi connectivity index (χ2n) is 8.86. The zero-order valence-electron chi connectivity index (χ0n) is 19.5. The molecule has 3 aromatic carbocycles. The molecule has 0 saturated heterocycles. The highest BCUT2D eigenvalue weighted by atomic mass is 32.2. The summed E-state index contributed by atoms with van der Waals surface area (Å²) < 4.78 is 72.2. The highest BCUT2D eigenvalue weighted by Crippen LogP contribution is 2.49. The van der Waals surface area contributed by atoms with Gasteiger partial charge >= 0.3 is 6.36 Å². The first-order chi connectivity index (χ1) is 17.6. The molecular weight excluding hydrogens is 507 g/mol. The van der Waals surface area contributed by atoms with Crippen LogP contribution in [0.15, 0.2) is 82.1 Å². The molecule has 3 aromatic rings. The van der Waals surface area contributed by atoms with Crippen molar-refractivity contribution < 1.29 is 32.0 Å². The molecule has 1 heterocycles. The number of hydrogen-bond donors (Lipinski definition) is 2. The van der Waals surface area contributed by atoms with Gasteiger partial charge < -0.3 is 19.5 Å². The molecule has 2 N–H and O–H groups in total. The number of nitrogens with one attached hydrogen (secondary N) is 1. The van der Waals surface area contributed by atoms with Crippen molar-refractivity contribution in [1.29, 1.82) is 4.78 Å². The largest absolute Gasteiger partial charge is 0.573 e. The Morgan fingerprint density at radius 3 is 2.19 bits per heavy atom. The number of halogens is 3. The van der Waals surface area contributed by atoms with Crippen LogP contribution in [0.2, 0.25) is 0 Å². The van der Waals surface area contributed by atoms with Gasteiger partial charge in [0, 0.05) is 12.1 Å². The minimum atomic E-state index is -4.85. The van der Waals surface area contributed by atoms with E-state index >= 15 is 0 Å². The maximum absolute atomic E-state index is 12.9. The zero-order valence-corrected chi connectivity index (χ0v) is 20.3. The van der Waals surface area contributed by atoms with Crippen LogP contribution in [0.3, 0.4) is 0 Å². The summed E-state index contributed by atoms with van der Waals surface area (Å²) >= 11 is 0. The minimum Gasteiger partial charge on any atom is -0.453 e. The fraction of sp³-hybridized carbons (Fsp3) is 0.269. The van der Waals surface area contributed by atoms with Crippen molar-refractivity contribution in [1.82, 2.24) is 0 Å². The van der Waals surface area contributed by atoms with Gasteiger partial charge in [-0.1, -0.05) is 30.7 Å². The number of rotatable bonds is 5. The van der Waals surface area contributed by atoms with Gasteiger partial charge in [0.25, 0.3) is 0 Å². The van der Waals surface area contributed by atoms with Crippen LogP contribution < -0.4 is 14.4 Å². The van der Waals surface area contributed by atoms with Crippen molar-refractivity contribution in [3.05, 3.63) is 72.8 Å². The highest BCUT2D eigenvalue weighted by molar-refractivity contribution is 7.91. The Hall–Kier alpha value is -3.57. The quantitative estimate of drug-likeness (QED) is 0.369. The lowest BCUT2D eigenvalue weighted by Crippen LogP contribution is -2.48. The number of aliphatic hydroxyl groups excluding tert-OH is 1. The Balaban J connectivity index is 1.38. The van der Waals surface area contributed by atoms with Crippen LogP contribution in [-0.2, 0) is 9.92 Å². The van der Waals surface area contributed by atoms with E-state index in [2.05, 4.69) is 14.0 Å². The molecule has 0 spiro atoms. The van der Waals surface area contributed by atoms with E-state index in [9.17, 15) is 22.5 Å². The number of anilines is 2. The van der Waals surface area contributed by atoms with Crippen LogP contribution >= 0.6 is 0 Å². The topological polar surface area (TPSA) is 95.2 Å². The van der Waals surface area contributed by atoms with Gasteiger partial charge in [0.05, 0.1) is 28.4 Å². The van der Waals surface area contributed by atoms with Crippen LogP contribution in [0.5, 0.6) is 17.2 Å². The summed E-state index contributed by atoms with van der Waals surface area (Å²) in [7, 11) is -3.70. The van der Waals surface area contributed by atoms with E-state index < -0.39 is 34.0 Å². The predicted molar refractivity (Wildman–Crippen MR) is 133 cm³/mol. The van der Waals surface area contributed by atoms with Gasteiger partial charge in [-0.25, -0.2) is 8.99 Å². The summed E-state index contributed by atoms with van der Waals surface area (Å²) in [6.45, 7) is 0. The Kier molecular flexibility index (Phi) is 6.59. The molecule has 0 radical (unpaired) electrons. The van der Waals surface area contributed by atoms with Gasteiger partial charge in [-0.3, -0.25) is 0 Å². The lowest BCUT2D eigenvalue weighted by atomic mass is 9.82. The number of para-hydroxylation sites is 4. The third-order valence-corrected chi connectivity index (χ3v) is 7.78. The highest BCUT2D eigenvalue weighted by Gasteiger charge is 2.39. The Morgan fingerprint density at radius 1 is 1.00 bits per heavy atom. The molecule has 2 aliphatic rings. The zero-order chi connectivity index (χ0) is 26.2. The van der Waals surface area contributed by atoms with Crippen molar-refractivity contribution in [2.45, 2.75) is 42.7 Å². The lowest BCUT2D eigenvalue weighted by molar-refractivity contribution is -0.274. The van der Waals surface area contributed by atoms with E-state index in [1.54, 1.807) is 0 Å². The number of fused-ring (bicyclic) bond motifs is 2. The summed E-state index contributed by atoms with van der Waals surface area (Å²) in [4.78, 5) is 2.01. The summed E-state index contributed by atoms with van der Waals surface area (Å²) in [6.07, 6.45) is -2.33. The first-order valence-corrected chi connectivity index (χ1v) is 13.2. The summed E-state index contributed by atoms with van der Waals surface area (Å²) in [5.74, 6) is 0.402. The van der Waals surface area contributed by atoms with Crippen molar-refractivity contribution in [3.63, 3.8) is 0 Å². The second-order valence-corrected chi connectivity index (χ2v) is 10.6. The van der Waals surface area contributed by atoms with E-state index in [1.165, 1.54) is 6.21 Å². The normalized spacial score (nSPS) is 23.0. The molecule has 1 saturated carbocycles. The van der Waals surface area contributed by atoms with Crippen LogP contribution in [0.25, 0.3) is 0 Å². The SMILES string of the molecule is N=S(=O)(/N=C\C1CCC[C@H](N2c3ccccc3Oc3ccccc32)[C@H]1O)c1ccc(OC(F)(F)F)cc1. The Labute approximate surface area is 212 Å². The van der Waals surface area contributed by atoms with Crippen LogP contribution in [0.1, 0.15) is 19.3 Å². The molecule has 5 rings (SSSR count). The van der Waals surface area contributed by atoms with Crippen LogP contribution in [0, 0.1) is 10.7 Å². The number of aliphatic hydroxyl groups is 1. The van der Waals surface area contributed by atoms with Crippen LogP contribution in [0.4, 0.5) is 24.5 Å². The molecule has 0 amide bonds. The maximum atomic E-state index is 12.9. The number of ether oxygens (including phenoxy) is 2. The molecule has 0 aromatic heterocycles. The van der Waals surface area contributed by atoms with E-state index in [0.29, 0.717) is 24.3 Å². The number of nitrogens with zero attached hydrogens (tertiary/aromatic N) is 2. The summed E-state index contributed by atoms with van der Waals surface area (Å²) in [6, 6.07) is 19.1. The van der Waals surface area contributed by atoms with Gasteiger partial charge in [0.15, 0.2) is 21.4 Å². The van der Waals surface area contributed by atoms with Gasteiger partial charge in [-0.05, 0) is 61.4 Å². The second kappa shape index (κ2) is 9.71. The van der Waals surface area contributed by atoms with Gasteiger partial charge in [-0.15, -0.1) is 13.2 Å². The number of benzene rings is 3. The summed E-state index contributed by atoms with van der Waals surface area (Å²) in [5.41, 5.74) is 1.65. The number of alkyl halides is 3. The molecule has 1 aliphatic heterocycles. The van der Waals surface area contributed by atoms with Crippen molar-refractivity contribution >= 4 is 27.5 Å². The molecular formula is C26H24F3N3O4S. The monoisotopic (exact) mass is 531 g/mol. The molecule has 0 bridgehead atoms. The molecule has 2 unspecified atom stereocenters. The molecule has 4 atom stereocenters. The third-order valence-electron chi connectivity index (χ3n) is 6.45.